The van der Waals surface area contributed by atoms with Crippen LogP contribution in [-0.2, 0) is 37.2 Å². The third kappa shape index (κ3) is 5.31. The second-order valence-corrected chi connectivity index (χ2v) is 16.8. The van der Waals surface area contributed by atoms with Gasteiger partial charge in [0.2, 0.25) is 11.1 Å². The van der Waals surface area contributed by atoms with E-state index in [9.17, 15) is 0 Å². The molecule has 3 aromatic rings. The number of hydrogen-bond acceptors (Lipinski definition) is 7. The minimum absolute atomic E-state index is 0.392. The van der Waals surface area contributed by atoms with Crippen LogP contribution in [0.15, 0.2) is 34.8 Å². The van der Waals surface area contributed by atoms with Crippen molar-refractivity contribution >= 4 is 31.5 Å². The van der Waals surface area contributed by atoms with Gasteiger partial charge in [0.25, 0.3) is 0 Å². The van der Waals surface area contributed by atoms with Gasteiger partial charge >= 0.3 is 0 Å². The summed E-state index contributed by atoms with van der Waals surface area (Å²) in [5, 5.41) is 9.14. The van der Waals surface area contributed by atoms with Gasteiger partial charge in [-0.15, -0.1) is 5.10 Å². The van der Waals surface area contributed by atoms with Gasteiger partial charge in [-0.2, -0.15) is 4.98 Å². The third-order valence-electron chi connectivity index (χ3n) is 6.32. The van der Waals surface area contributed by atoms with Gasteiger partial charge in [0.15, 0.2) is 0 Å². The highest BCUT2D eigenvalue weighted by atomic mass is 32.2. The van der Waals surface area contributed by atoms with E-state index in [-0.39, 0.29) is 0 Å². The average molecular weight is 481 g/mol. The lowest BCUT2D eigenvalue weighted by atomic mass is 9.99. The number of ether oxygens (including phenoxy) is 1. The maximum absolute atomic E-state index is 6.04. The molecule has 0 fully saturated rings. The molecule has 0 saturated heterocycles. The largest absolute Gasteiger partial charge is 0.359 e. The molecule has 2 heterocycles. The van der Waals surface area contributed by atoms with E-state index in [1.807, 2.05) is 4.68 Å². The van der Waals surface area contributed by atoms with Crippen molar-refractivity contribution < 1.29 is 4.74 Å². The number of benzene rings is 1. The highest BCUT2D eigenvalue weighted by Crippen LogP contribution is 2.40. The summed E-state index contributed by atoms with van der Waals surface area (Å²) < 4.78 is 7.91. The van der Waals surface area contributed by atoms with Crippen LogP contribution < -0.4 is 5.32 Å². The molecule has 0 atom stereocenters. The first-order valence-corrected chi connectivity index (χ1v) is 16.4. The van der Waals surface area contributed by atoms with E-state index in [1.54, 1.807) is 12.4 Å². The summed E-state index contributed by atoms with van der Waals surface area (Å²) in [5.41, 5.74) is 7.22. The Labute approximate surface area is 200 Å². The van der Waals surface area contributed by atoms with Gasteiger partial charge in [-0.05, 0) is 78.6 Å². The van der Waals surface area contributed by atoms with Gasteiger partial charge in [-0.1, -0.05) is 25.7 Å². The van der Waals surface area contributed by atoms with Crippen molar-refractivity contribution in [3.63, 3.8) is 0 Å². The zero-order valence-electron chi connectivity index (χ0n) is 19.7. The molecule has 0 radical (unpaired) electrons. The van der Waals surface area contributed by atoms with Crippen molar-refractivity contribution in [2.75, 3.05) is 11.9 Å². The molecule has 9 heteroatoms. The second kappa shape index (κ2) is 9.56. The standard InChI is InChI=1S/C24H32N6OSSi/c1-33(2,3)11-10-31-16-30-23(28-24(29-30)32-19-13-25-15-26-14-19)27-22-20-8-4-6-17(20)12-18-7-5-9-21(18)22/h12-15H,4-11,16H2,1-3H3,(H,27,28,29). The van der Waals surface area contributed by atoms with Crippen LogP contribution in [0.1, 0.15) is 35.1 Å². The Morgan fingerprint density at radius 1 is 1.03 bits per heavy atom. The monoisotopic (exact) mass is 480 g/mol. The van der Waals surface area contributed by atoms with Crippen LogP contribution in [0.2, 0.25) is 25.7 Å². The molecule has 1 N–H and O–H groups in total. The van der Waals surface area contributed by atoms with Crippen molar-refractivity contribution in [1.82, 2.24) is 24.7 Å². The van der Waals surface area contributed by atoms with Gasteiger partial charge in [0, 0.05) is 32.8 Å². The highest BCUT2D eigenvalue weighted by Gasteiger charge is 2.25. The fourth-order valence-corrected chi connectivity index (χ4v) is 6.07. The average Bonchev–Trinajstić information content (AvgIpc) is 3.51. The van der Waals surface area contributed by atoms with Crippen molar-refractivity contribution in [3.05, 3.63) is 47.0 Å². The molecule has 0 amide bonds. The van der Waals surface area contributed by atoms with Crippen LogP contribution in [-0.4, -0.2) is 39.4 Å². The lowest BCUT2D eigenvalue weighted by Crippen LogP contribution is -2.22. The smallest absolute Gasteiger partial charge is 0.228 e. The fourth-order valence-electron chi connectivity index (χ4n) is 4.60. The summed E-state index contributed by atoms with van der Waals surface area (Å²) in [7, 11) is -1.14. The van der Waals surface area contributed by atoms with Crippen LogP contribution in [0.5, 0.6) is 0 Å². The lowest BCUT2D eigenvalue weighted by molar-refractivity contribution is 0.0792. The maximum atomic E-state index is 6.04. The Bertz CT molecular complexity index is 1100. The van der Waals surface area contributed by atoms with E-state index in [1.165, 1.54) is 71.7 Å². The van der Waals surface area contributed by atoms with E-state index in [0.29, 0.717) is 11.9 Å². The Hall–Kier alpha value is -2.23. The SMILES string of the molecule is C[Si](C)(C)CCOCn1nc(Sc2cncnc2)nc1Nc1c2c(cc3c1CCC3)CCC2. The first kappa shape index (κ1) is 22.6. The molecule has 0 spiro atoms. The number of rotatable bonds is 9. The normalized spacial score (nSPS) is 15.0. The summed E-state index contributed by atoms with van der Waals surface area (Å²) >= 11 is 1.47. The Morgan fingerprint density at radius 3 is 2.39 bits per heavy atom. The molecule has 0 saturated carbocycles. The van der Waals surface area contributed by atoms with Crippen LogP contribution in [0.3, 0.4) is 0 Å². The Balaban J connectivity index is 1.42. The predicted molar refractivity (Wildman–Crippen MR) is 134 cm³/mol. The Morgan fingerprint density at radius 2 is 1.73 bits per heavy atom. The van der Waals surface area contributed by atoms with E-state index in [0.717, 1.165) is 36.3 Å². The van der Waals surface area contributed by atoms with Gasteiger partial charge < -0.3 is 10.1 Å². The number of nitrogens with zero attached hydrogens (tertiary/aromatic N) is 5. The molecule has 1 aromatic carbocycles. The molecule has 7 nitrogen and oxygen atoms in total. The number of fused-ring (bicyclic) bond motifs is 2. The van der Waals surface area contributed by atoms with Crippen LogP contribution in [0.4, 0.5) is 11.6 Å². The first-order chi connectivity index (χ1) is 16.0. The van der Waals surface area contributed by atoms with Crippen molar-refractivity contribution in [2.45, 2.75) is 81.0 Å². The quantitative estimate of drug-likeness (QED) is 0.331. The minimum atomic E-state index is -1.14. The molecule has 33 heavy (non-hydrogen) atoms. The van der Waals surface area contributed by atoms with Gasteiger partial charge in [0.1, 0.15) is 13.1 Å². The van der Waals surface area contributed by atoms with E-state index < -0.39 is 8.07 Å². The summed E-state index contributed by atoms with van der Waals surface area (Å²) in [6.45, 7) is 8.24. The summed E-state index contributed by atoms with van der Waals surface area (Å²) in [6.07, 6.45) is 12.2. The fraction of sp³-hybridized carbons (Fsp3) is 0.500. The minimum Gasteiger partial charge on any atom is -0.359 e. The van der Waals surface area contributed by atoms with E-state index >= 15 is 0 Å². The second-order valence-electron chi connectivity index (χ2n) is 10.1. The van der Waals surface area contributed by atoms with Gasteiger partial charge in [-0.25, -0.2) is 14.6 Å². The van der Waals surface area contributed by atoms with Crippen molar-refractivity contribution in [3.8, 4) is 0 Å². The maximum Gasteiger partial charge on any atom is 0.228 e. The van der Waals surface area contributed by atoms with Crippen LogP contribution in [0.25, 0.3) is 0 Å². The summed E-state index contributed by atoms with van der Waals surface area (Å²) in [5.74, 6) is 0.747. The molecule has 5 rings (SSSR count). The number of aromatic nitrogens is 5. The molecule has 0 unspecified atom stereocenters. The summed E-state index contributed by atoms with van der Waals surface area (Å²) in [4.78, 5) is 14.0. The molecular weight excluding hydrogens is 448 g/mol. The van der Waals surface area contributed by atoms with Crippen molar-refractivity contribution in [2.24, 2.45) is 0 Å². The molecule has 2 aliphatic carbocycles. The number of hydrogen-bond donors (Lipinski definition) is 1. The Kier molecular flexibility index (Phi) is 6.53. The first-order valence-electron chi connectivity index (χ1n) is 11.9. The van der Waals surface area contributed by atoms with Gasteiger partial charge in [0.05, 0.1) is 4.90 Å². The summed E-state index contributed by atoms with van der Waals surface area (Å²) in [6, 6.07) is 3.59. The number of anilines is 2. The van der Waals surface area contributed by atoms with Crippen LogP contribution >= 0.6 is 11.8 Å². The van der Waals surface area contributed by atoms with Crippen LogP contribution in [0, 0.1) is 0 Å². The van der Waals surface area contributed by atoms with Gasteiger partial charge in [-0.3, -0.25) is 0 Å². The third-order valence-corrected chi connectivity index (χ3v) is 8.82. The van der Waals surface area contributed by atoms with E-state index in [2.05, 4.69) is 41.0 Å². The molecule has 2 aromatic heterocycles. The lowest BCUT2D eigenvalue weighted by Gasteiger charge is -2.18. The molecule has 0 aliphatic heterocycles. The molecular formula is C24H32N6OSSi. The van der Waals surface area contributed by atoms with E-state index in [4.69, 9.17) is 14.8 Å². The molecule has 2 aliphatic rings. The molecule has 0 bridgehead atoms. The molecule has 174 valence electrons. The number of aryl methyl sites for hydroxylation is 2. The zero-order valence-corrected chi connectivity index (χ0v) is 21.5. The highest BCUT2D eigenvalue weighted by molar-refractivity contribution is 7.99. The number of nitrogens with one attached hydrogen (secondary N) is 1. The predicted octanol–water partition coefficient (Wildman–Crippen LogP) is 5.25. The van der Waals surface area contributed by atoms with Crippen molar-refractivity contribution in [1.29, 1.82) is 0 Å². The zero-order chi connectivity index (χ0) is 22.8. The topological polar surface area (TPSA) is 77.8 Å².